The van der Waals surface area contributed by atoms with Crippen LogP contribution < -0.4 is 10.1 Å². The number of benzene rings is 1. The minimum absolute atomic E-state index is 0.0947. The average Bonchev–Trinajstić information content (AvgIpc) is 2.43. The van der Waals surface area contributed by atoms with Gasteiger partial charge in [-0.2, -0.15) is 0 Å². The van der Waals surface area contributed by atoms with Crippen LogP contribution in [-0.2, 0) is 0 Å². The molecule has 2 aliphatic rings. The van der Waals surface area contributed by atoms with Gasteiger partial charge >= 0.3 is 0 Å². The molecule has 1 spiro atoms. The topological polar surface area (TPSA) is 21.3 Å². The van der Waals surface area contributed by atoms with Crippen LogP contribution >= 0.6 is 0 Å². The van der Waals surface area contributed by atoms with Crippen LogP contribution in [0.4, 0.5) is 0 Å². The maximum absolute atomic E-state index is 6.56. The van der Waals surface area contributed by atoms with Gasteiger partial charge in [-0.25, -0.2) is 0 Å². The molecule has 0 amide bonds. The maximum atomic E-state index is 6.56. The Bertz CT molecular complexity index is 474. The summed E-state index contributed by atoms with van der Waals surface area (Å²) in [5, 5.41) is 3.50. The first kappa shape index (κ1) is 13.0. The van der Waals surface area contributed by atoms with Gasteiger partial charge in [-0.15, -0.1) is 0 Å². The van der Waals surface area contributed by atoms with Gasteiger partial charge in [-0.3, -0.25) is 0 Å². The third-order valence-electron chi connectivity index (χ3n) is 5.09. The van der Waals surface area contributed by atoms with Crippen molar-refractivity contribution in [3.63, 3.8) is 0 Å². The van der Waals surface area contributed by atoms with E-state index in [1.165, 1.54) is 48.8 Å². The lowest BCUT2D eigenvalue weighted by molar-refractivity contribution is -0.00246. The zero-order valence-electron chi connectivity index (χ0n) is 12.4. The van der Waals surface area contributed by atoms with Gasteiger partial charge in [-0.1, -0.05) is 18.6 Å². The van der Waals surface area contributed by atoms with Crippen LogP contribution in [0, 0.1) is 13.8 Å². The molecule has 0 saturated heterocycles. The summed E-state index contributed by atoms with van der Waals surface area (Å²) in [7, 11) is 2.07. The van der Waals surface area contributed by atoms with Gasteiger partial charge < -0.3 is 10.1 Å². The summed E-state index contributed by atoms with van der Waals surface area (Å²) in [6, 6.07) is 4.91. The first-order chi connectivity index (χ1) is 9.15. The van der Waals surface area contributed by atoms with Crippen molar-refractivity contribution in [3.05, 3.63) is 28.8 Å². The molecule has 0 radical (unpaired) electrons. The highest BCUT2D eigenvalue weighted by atomic mass is 16.5. The van der Waals surface area contributed by atoms with Crippen LogP contribution in [0.25, 0.3) is 0 Å². The van der Waals surface area contributed by atoms with Crippen molar-refractivity contribution in [1.82, 2.24) is 5.32 Å². The molecule has 104 valence electrons. The molecule has 1 N–H and O–H groups in total. The molecule has 3 rings (SSSR count). The van der Waals surface area contributed by atoms with Gasteiger partial charge in [0.25, 0.3) is 0 Å². The number of hydrogen-bond donors (Lipinski definition) is 1. The number of ether oxygens (including phenoxy) is 1. The van der Waals surface area contributed by atoms with E-state index in [9.17, 15) is 0 Å². The van der Waals surface area contributed by atoms with E-state index in [1.807, 2.05) is 0 Å². The Balaban J connectivity index is 2.03. The van der Waals surface area contributed by atoms with Crippen molar-refractivity contribution < 1.29 is 4.74 Å². The molecule has 1 aliphatic heterocycles. The Labute approximate surface area is 116 Å². The van der Waals surface area contributed by atoms with Crippen LogP contribution in [0.3, 0.4) is 0 Å². The monoisotopic (exact) mass is 259 g/mol. The Hall–Kier alpha value is -1.02. The average molecular weight is 259 g/mol. The van der Waals surface area contributed by atoms with Crippen molar-refractivity contribution in [2.45, 2.75) is 64.0 Å². The van der Waals surface area contributed by atoms with Gasteiger partial charge in [0.15, 0.2) is 0 Å². The van der Waals surface area contributed by atoms with E-state index >= 15 is 0 Å². The largest absolute Gasteiger partial charge is 0.487 e. The van der Waals surface area contributed by atoms with Gasteiger partial charge in [0.1, 0.15) is 11.4 Å². The minimum atomic E-state index is 0.0947. The second-order valence-electron chi connectivity index (χ2n) is 6.32. The number of fused-ring (bicyclic) bond motifs is 1. The summed E-state index contributed by atoms with van der Waals surface area (Å²) < 4.78 is 6.56. The molecule has 1 aromatic carbocycles. The van der Waals surface area contributed by atoms with Crippen LogP contribution in [0.1, 0.15) is 61.3 Å². The van der Waals surface area contributed by atoms with E-state index < -0.39 is 0 Å². The van der Waals surface area contributed by atoms with Crippen LogP contribution in [-0.4, -0.2) is 12.6 Å². The van der Waals surface area contributed by atoms with E-state index in [2.05, 4.69) is 38.3 Å². The predicted molar refractivity (Wildman–Crippen MR) is 78.8 cm³/mol. The molecule has 0 aromatic heterocycles. The fourth-order valence-electron chi connectivity index (χ4n) is 3.72. The SMILES string of the molecule is CNC1CC2(CCCCC2)Oc2c1ccc(C)c2C. The van der Waals surface area contributed by atoms with Gasteiger partial charge in [-0.05, 0) is 57.7 Å². The summed E-state index contributed by atoms with van der Waals surface area (Å²) in [4.78, 5) is 0. The Kier molecular flexibility index (Phi) is 3.30. The molecule has 1 aliphatic carbocycles. The molecule has 1 aromatic rings. The molecule has 1 unspecified atom stereocenters. The van der Waals surface area contributed by atoms with E-state index in [4.69, 9.17) is 4.74 Å². The number of nitrogens with one attached hydrogen (secondary N) is 1. The summed E-state index contributed by atoms with van der Waals surface area (Å²) in [5.41, 5.74) is 4.10. The zero-order chi connectivity index (χ0) is 13.5. The highest BCUT2D eigenvalue weighted by Crippen LogP contribution is 2.47. The van der Waals surface area contributed by atoms with Crippen LogP contribution in [0.5, 0.6) is 5.75 Å². The first-order valence-electron chi connectivity index (χ1n) is 7.62. The lowest BCUT2D eigenvalue weighted by Crippen LogP contribution is -2.45. The molecule has 1 saturated carbocycles. The fraction of sp³-hybridized carbons (Fsp3) is 0.647. The second kappa shape index (κ2) is 4.82. The fourth-order valence-corrected chi connectivity index (χ4v) is 3.72. The molecule has 0 bridgehead atoms. The van der Waals surface area contributed by atoms with Crippen molar-refractivity contribution >= 4 is 0 Å². The maximum Gasteiger partial charge on any atom is 0.128 e. The zero-order valence-corrected chi connectivity index (χ0v) is 12.4. The van der Waals surface area contributed by atoms with Crippen LogP contribution in [0.15, 0.2) is 12.1 Å². The summed E-state index contributed by atoms with van der Waals surface area (Å²) >= 11 is 0. The van der Waals surface area contributed by atoms with Crippen molar-refractivity contribution in [2.75, 3.05) is 7.05 Å². The normalized spacial score (nSPS) is 24.9. The number of aryl methyl sites for hydroxylation is 1. The molecule has 19 heavy (non-hydrogen) atoms. The number of rotatable bonds is 1. The van der Waals surface area contributed by atoms with Gasteiger partial charge in [0, 0.05) is 18.0 Å². The minimum Gasteiger partial charge on any atom is -0.487 e. The summed E-state index contributed by atoms with van der Waals surface area (Å²) in [6.45, 7) is 4.37. The van der Waals surface area contributed by atoms with E-state index in [0.29, 0.717) is 6.04 Å². The molecule has 1 atom stereocenters. The summed E-state index contributed by atoms with van der Waals surface area (Å²) in [5.74, 6) is 1.16. The Morgan fingerprint density at radius 1 is 1.16 bits per heavy atom. The van der Waals surface area contributed by atoms with Gasteiger partial charge in [0.05, 0.1) is 0 Å². The predicted octanol–water partition coefficient (Wildman–Crippen LogP) is 4.05. The third-order valence-corrected chi connectivity index (χ3v) is 5.09. The molecule has 2 nitrogen and oxygen atoms in total. The highest BCUT2D eigenvalue weighted by Gasteiger charge is 2.41. The van der Waals surface area contributed by atoms with E-state index in [1.54, 1.807) is 0 Å². The molecule has 2 heteroatoms. The Morgan fingerprint density at radius 3 is 2.58 bits per heavy atom. The molecule has 1 fully saturated rings. The van der Waals surface area contributed by atoms with Crippen molar-refractivity contribution in [1.29, 1.82) is 0 Å². The molecule has 1 heterocycles. The molecular formula is C17H25NO. The lowest BCUT2D eigenvalue weighted by atomic mass is 9.76. The van der Waals surface area contributed by atoms with Crippen LogP contribution in [0.2, 0.25) is 0 Å². The van der Waals surface area contributed by atoms with E-state index in [-0.39, 0.29) is 5.60 Å². The smallest absolute Gasteiger partial charge is 0.128 e. The lowest BCUT2D eigenvalue weighted by Gasteiger charge is -2.45. The number of hydrogen-bond acceptors (Lipinski definition) is 2. The quantitative estimate of drug-likeness (QED) is 0.821. The standard InChI is InChI=1S/C17H25NO/c1-12-7-8-14-15(18-3)11-17(9-5-4-6-10-17)19-16(14)13(12)2/h7-8,15,18H,4-6,9-11H2,1-3H3. The first-order valence-corrected chi connectivity index (χ1v) is 7.62. The third kappa shape index (κ3) is 2.16. The van der Waals surface area contributed by atoms with Crippen molar-refractivity contribution in [2.24, 2.45) is 0 Å². The molecular weight excluding hydrogens is 234 g/mol. The van der Waals surface area contributed by atoms with Crippen molar-refractivity contribution in [3.8, 4) is 5.75 Å². The Morgan fingerprint density at radius 2 is 1.89 bits per heavy atom. The summed E-state index contributed by atoms with van der Waals surface area (Å²) in [6.07, 6.45) is 7.57. The highest BCUT2D eigenvalue weighted by molar-refractivity contribution is 5.48. The van der Waals surface area contributed by atoms with Gasteiger partial charge in [0.2, 0.25) is 0 Å². The second-order valence-corrected chi connectivity index (χ2v) is 6.32. The van der Waals surface area contributed by atoms with E-state index in [0.717, 1.165) is 12.2 Å².